The van der Waals surface area contributed by atoms with E-state index in [1.54, 1.807) is 0 Å². The zero-order valence-electron chi connectivity index (χ0n) is 11.2. The Labute approximate surface area is 123 Å². The van der Waals surface area contributed by atoms with E-state index in [1.807, 2.05) is 0 Å². The lowest BCUT2D eigenvalue weighted by Gasteiger charge is -2.29. The smallest absolute Gasteiger partial charge is 0.150 e. The first kappa shape index (κ1) is 13.5. The molecule has 0 saturated carbocycles. The minimum atomic E-state index is 0.517. The van der Waals surface area contributed by atoms with Crippen molar-refractivity contribution in [1.82, 2.24) is 9.80 Å². The standard InChI is InChI=1S/C13H16N4O2S/c14-9-10-11(20)13(17-3-7-19-8-4-17)15-12(10)16-1-5-18-6-2-16/h1-8H2. The molecule has 0 amide bonds. The van der Waals surface area contributed by atoms with Crippen LogP contribution in [0.25, 0.3) is 0 Å². The van der Waals surface area contributed by atoms with Crippen molar-refractivity contribution < 1.29 is 9.47 Å². The Kier molecular flexibility index (Phi) is 3.96. The van der Waals surface area contributed by atoms with E-state index < -0.39 is 0 Å². The van der Waals surface area contributed by atoms with Gasteiger partial charge in [0, 0.05) is 26.2 Å². The molecule has 3 aliphatic rings. The van der Waals surface area contributed by atoms with Crippen LogP contribution in [0.4, 0.5) is 0 Å². The summed E-state index contributed by atoms with van der Waals surface area (Å²) in [6.07, 6.45) is 0. The molecule has 0 N–H and O–H groups in total. The molecule has 2 saturated heterocycles. The summed E-state index contributed by atoms with van der Waals surface area (Å²) in [6.45, 7) is 5.73. The van der Waals surface area contributed by atoms with Crippen LogP contribution in [0.3, 0.4) is 0 Å². The van der Waals surface area contributed by atoms with Crippen LogP contribution in [-0.2, 0) is 9.47 Å². The highest BCUT2D eigenvalue weighted by molar-refractivity contribution is 7.82. The molecule has 0 spiro atoms. The summed E-state index contributed by atoms with van der Waals surface area (Å²) >= 11 is 5.44. The van der Waals surface area contributed by atoms with Crippen molar-refractivity contribution in [2.45, 2.75) is 0 Å². The fourth-order valence-electron chi connectivity index (χ4n) is 2.51. The maximum atomic E-state index is 9.38. The second-order valence-corrected chi connectivity index (χ2v) is 5.18. The molecule has 0 unspecified atom stereocenters. The number of ether oxygens (including phenoxy) is 2. The van der Waals surface area contributed by atoms with Gasteiger partial charge in [-0.2, -0.15) is 5.26 Å². The summed E-state index contributed by atoms with van der Waals surface area (Å²) in [4.78, 5) is 9.40. The van der Waals surface area contributed by atoms with E-state index in [-0.39, 0.29) is 0 Å². The molecule has 3 rings (SSSR count). The van der Waals surface area contributed by atoms with Gasteiger partial charge in [0.05, 0.1) is 26.4 Å². The van der Waals surface area contributed by atoms with Crippen LogP contribution in [0, 0.1) is 11.3 Å². The highest BCUT2D eigenvalue weighted by Crippen LogP contribution is 2.24. The van der Waals surface area contributed by atoms with Crippen LogP contribution in [0.1, 0.15) is 0 Å². The summed E-state index contributed by atoms with van der Waals surface area (Å²) in [5.41, 5.74) is 0.517. The number of aliphatic imine (C=N–C) groups is 1. The molecule has 106 valence electrons. The Bertz CT molecular complexity index is 511. The molecule has 0 aromatic rings. The molecular weight excluding hydrogens is 276 g/mol. The lowest BCUT2D eigenvalue weighted by molar-refractivity contribution is 0.0528. The van der Waals surface area contributed by atoms with Crippen LogP contribution >= 0.6 is 12.2 Å². The van der Waals surface area contributed by atoms with Gasteiger partial charge < -0.3 is 19.3 Å². The normalized spacial score (nSPS) is 23.9. The fourth-order valence-corrected chi connectivity index (χ4v) is 2.83. The number of nitriles is 1. The first-order valence-corrected chi connectivity index (χ1v) is 7.15. The Morgan fingerprint density at radius 2 is 1.55 bits per heavy atom. The molecule has 2 fully saturated rings. The predicted molar refractivity (Wildman–Crippen MR) is 77.5 cm³/mol. The second-order valence-electron chi connectivity index (χ2n) is 4.77. The topological polar surface area (TPSA) is 61.1 Å². The number of morpholine rings is 2. The molecule has 7 heteroatoms. The molecular formula is C13H16N4O2S. The third kappa shape index (κ3) is 2.42. The van der Waals surface area contributed by atoms with Gasteiger partial charge in [0.15, 0.2) is 11.7 Å². The number of hydrogen-bond donors (Lipinski definition) is 0. The number of nitrogens with zero attached hydrogens (tertiary/aromatic N) is 4. The molecule has 6 nitrogen and oxygen atoms in total. The van der Waals surface area contributed by atoms with Crippen molar-refractivity contribution in [1.29, 1.82) is 5.26 Å². The van der Waals surface area contributed by atoms with E-state index in [1.165, 1.54) is 0 Å². The highest BCUT2D eigenvalue weighted by Gasteiger charge is 2.32. The van der Waals surface area contributed by atoms with Crippen molar-refractivity contribution in [2.75, 3.05) is 52.6 Å². The first-order chi connectivity index (χ1) is 9.81. The fraction of sp³-hybridized carbons (Fsp3) is 0.615. The zero-order chi connectivity index (χ0) is 13.9. The minimum absolute atomic E-state index is 0.517. The van der Waals surface area contributed by atoms with Crippen molar-refractivity contribution in [3.05, 3.63) is 11.4 Å². The molecule has 20 heavy (non-hydrogen) atoms. The van der Waals surface area contributed by atoms with E-state index in [0.29, 0.717) is 42.7 Å². The van der Waals surface area contributed by atoms with Gasteiger partial charge >= 0.3 is 0 Å². The average Bonchev–Trinajstić information content (AvgIpc) is 2.86. The SMILES string of the molecule is N#CC1=C(N2CCOCC2)N=C(N2CCOCC2)C1=S. The minimum Gasteiger partial charge on any atom is -0.378 e. The quantitative estimate of drug-likeness (QED) is 0.642. The predicted octanol–water partition coefficient (Wildman–Crippen LogP) is 0.168. The Hall–Kier alpha value is -1.49. The molecule has 0 radical (unpaired) electrons. The van der Waals surface area contributed by atoms with Crippen LogP contribution in [0.2, 0.25) is 0 Å². The van der Waals surface area contributed by atoms with E-state index in [0.717, 1.165) is 32.0 Å². The van der Waals surface area contributed by atoms with E-state index in [2.05, 4.69) is 20.9 Å². The lowest BCUT2D eigenvalue weighted by Crippen LogP contribution is -2.43. The Morgan fingerprint density at radius 3 is 2.10 bits per heavy atom. The molecule has 0 aromatic heterocycles. The monoisotopic (exact) mass is 292 g/mol. The second kappa shape index (κ2) is 5.87. The highest BCUT2D eigenvalue weighted by atomic mass is 32.1. The summed E-state index contributed by atoms with van der Waals surface area (Å²) in [7, 11) is 0. The largest absolute Gasteiger partial charge is 0.378 e. The van der Waals surface area contributed by atoms with Crippen LogP contribution in [0.15, 0.2) is 16.4 Å². The molecule has 0 aromatic carbocycles. The van der Waals surface area contributed by atoms with Gasteiger partial charge in [0.2, 0.25) is 0 Å². The van der Waals surface area contributed by atoms with Crippen molar-refractivity contribution in [3.63, 3.8) is 0 Å². The third-order valence-electron chi connectivity index (χ3n) is 3.60. The van der Waals surface area contributed by atoms with Gasteiger partial charge in [-0.15, -0.1) is 0 Å². The lowest BCUT2D eigenvalue weighted by atomic mass is 10.2. The first-order valence-electron chi connectivity index (χ1n) is 6.74. The average molecular weight is 292 g/mol. The van der Waals surface area contributed by atoms with Crippen LogP contribution in [-0.4, -0.2) is 73.1 Å². The summed E-state index contributed by atoms with van der Waals surface area (Å²) < 4.78 is 10.7. The van der Waals surface area contributed by atoms with Crippen molar-refractivity contribution in [3.8, 4) is 6.07 Å². The van der Waals surface area contributed by atoms with Gasteiger partial charge in [0.1, 0.15) is 16.5 Å². The maximum absolute atomic E-state index is 9.38. The van der Waals surface area contributed by atoms with Crippen LogP contribution in [0.5, 0.6) is 0 Å². The van der Waals surface area contributed by atoms with E-state index in [9.17, 15) is 5.26 Å². The van der Waals surface area contributed by atoms with Crippen LogP contribution < -0.4 is 0 Å². The molecule has 0 atom stereocenters. The molecule has 3 aliphatic heterocycles. The van der Waals surface area contributed by atoms with Gasteiger partial charge in [-0.25, -0.2) is 4.99 Å². The third-order valence-corrected chi connectivity index (χ3v) is 3.99. The zero-order valence-corrected chi connectivity index (χ0v) is 12.0. The van der Waals surface area contributed by atoms with Crippen molar-refractivity contribution >= 4 is 22.9 Å². The maximum Gasteiger partial charge on any atom is 0.150 e. The summed E-state index contributed by atoms with van der Waals surface area (Å²) in [5.74, 6) is 1.46. The van der Waals surface area contributed by atoms with Gasteiger partial charge in [0.25, 0.3) is 0 Å². The Morgan fingerprint density at radius 1 is 1.00 bits per heavy atom. The number of rotatable bonds is 1. The summed E-state index contributed by atoms with van der Waals surface area (Å²) in [6, 6.07) is 2.21. The molecule has 0 bridgehead atoms. The number of amidine groups is 1. The molecule has 0 aliphatic carbocycles. The van der Waals surface area contributed by atoms with E-state index >= 15 is 0 Å². The van der Waals surface area contributed by atoms with Crippen molar-refractivity contribution in [2.24, 2.45) is 4.99 Å². The number of thiocarbonyl (C=S) groups is 1. The van der Waals surface area contributed by atoms with Gasteiger partial charge in [-0.1, -0.05) is 12.2 Å². The Balaban J connectivity index is 1.84. The summed E-state index contributed by atoms with van der Waals surface area (Å²) in [5, 5.41) is 9.38. The number of hydrogen-bond acceptors (Lipinski definition) is 7. The van der Waals surface area contributed by atoms with E-state index in [4.69, 9.17) is 21.7 Å². The molecule has 3 heterocycles. The van der Waals surface area contributed by atoms with Gasteiger partial charge in [-0.3, -0.25) is 0 Å². The van der Waals surface area contributed by atoms with Gasteiger partial charge in [-0.05, 0) is 0 Å².